The van der Waals surface area contributed by atoms with Crippen molar-refractivity contribution in [2.45, 2.75) is 38.6 Å². The van der Waals surface area contributed by atoms with Gasteiger partial charge in [0.1, 0.15) is 11.7 Å². The minimum atomic E-state index is -3.34. The highest BCUT2D eigenvalue weighted by atomic mass is 32.2. The third-order valence-corrected chi connectivity index (χ3v) is 6.50. The Morgan fingerprint density at radius 1 is 1.40 bits per heavy atom. The maximum absolute atomic E-state index is 12.4. The van der Waals surface area contributed by atoms with E-state index in [0.29, 0.717) is 32.4 Å². The predicted octanol–water partition coefficient (Wildman–Crippen LogP) is 1.20. The molecule has 0 radical (unpaired) electrons. The topological polar surface area (TPSA) is 83.8 Å². The molecule has 1 aliphatic heterocycles. The van der Waals surface area contributed by atoms with Crippen LogP contribution >= 0.6 is 0 Å². The number of nitrogens with zero attached hydrogens (tertiary/aromatic N) is 3. The van der Waals surface area contributed by atoms with Crippen molar-refractivity contribution in [3.63, 3.8) is 0 Å². The number of hydrogen-bond acceptors (Lipinski definition) is 4. The van der Waals surface area contributed by atoms with Gasteiger partial charge in [0, 0.05) is 31.9 Å². The number of sulfonamides is 1. The van der Waals surface area contributed by atoms with Gasteiger partial charge in [-0.1, -0.05) is 13.0 Å². The average Bonchev–Trinajstić information content (AvgIpc) is 3.21. The summed E-state index contributed by atoms with van der Waals surface area (Å²) in [5, 5.41) is 2.87. The molecule has 3 rings (SSSR count). The van der Waals surface area contributed by atoms with Gasteiger partial charge in [0.25, 0.3) is 0 Å². The summed E-state index contributed by atoms with van der Waals surface area (Å²) in [5.41, 5.74) is 1.77. The number of nitrogens with one attached hydrogen (secondary N) is 1. The lowest BCUT2D eigenvalue weighted by molar-refractivity contribution is -0.124. The fraction of sp³-hybridized carbons (Fsp3) is 0.529. The van der Waals surface area contributed by atoms with Gasteiger partial charge in [-0.15, -0.1) is 0 Å². The molecule has 0 bridgehead atoms. The Labute approximate surface area is 148 Å². The highest BCUT2D eigenvalue weighted by molar-refractivity contribution is 7.89. The van der Waals surface area contributed by atoms with E-state index in [4.69, 9.17) is 0 Å². The summed E-state index contributed by atoms with van der Waals surface area (Å²) in [7, 11) is -3.34. The zero-order valence-electron chi connectivity index (χ0n) is 14.4. The molecule has 0 saturated carbocycles. The van der Waals surface area contributed by atoms with Crippen LogP contribution in [0.1, 0.15) is 31.9 Å². The molecule has 1 N–H and O–H groups in total. The number of imidazole rings is 1. The summed E-state index contributed by atoms with van der Waals surface area (Å²) in [6, 6.07) is 5.22. The van der Waals surface area contributed by atoms with Gasteiger partial charge < -0.3 is 9.72 Å². The molecule has 8 heteroatoms. The minimum absolute atomic E-state index is 0.0953. The maximum atomic E-state index is 12.4. The van der Waals surface area contributed by atoms with Crippen LogP contribution < -0.4 is 5.32 Å². The lowest BCUT2D eigenvalue weighted by Crippen LogP contribution is -2.46. The quantitative estimate of drug-likeness (QED) is 0.800. The van der Waals surface area contributed by atoms with E-state index in [1.807, 2.05) is 41.9 Å². The molecule has 2 aromatic heterocycles. The number of amides is 1. The number of pyridine rings is 1. The summed E-state index contributed by atoms with van der Waals surface area (Å²) in [6.07, 6.45) is 6.36. The van der Waals surface area contributed by atoms with Crippen molar-refractivity contribution in [2.75, 3.05) is 18.8 Å². The standard InChI is InChI=1S/C17H24N4O3S/c1-2-12-25(23,24)21-11-5-6-15(21)17(22)18-9-8-14-13-20-10-4-3-7-16(20)19-14/h3-4,7,10,13,15H,2,5-6,8-9,11-12H2,1H3,(H,18,22). The van der Waals surface area contributed by atoms with Crippen molar-refractivity contribution in [3.05, 3.63) is 36.3 Å². The van der Waals surface area contributed by atoms with Crippen LogP contribution in [-0.4, -0.2) is 52.9 Å². The van der Waals surface area contributed by atoms with Gasteiger partial charge in [-0.05, 0) is 31.4 Å². The average molecular weight is 364 g/mol. The molecule has 136 valence electrons. The Hall–Kier alpha value is -1.93. The van der Waals surface area contributed by atoms with E-state index in [1.165, 1.54) is 4.31 Å². The van der Waals surface area contributed by atoms with Crippen molar-refractivity contribution >= 4 is 21.6 Å². The smallest absolute Gasteiger partial charge is 0.238 e. The van der Waals surface area contributed by atoms with Gasteiger partial charge in [0.05, 0.1) is 11.4 Å². The minimum Gasteiger partial charge on any atom is -0.354 e. The molecule has 1 amide bonds. The first-order chi connectivity index (χ1) is 12.0. The maximum Gasteiger partial charge on any atom is 0.238 e. The van der Waals surface area contributed by atoms with Crippen molar-refractivity contribution in [3.8, 4) is 0 Å². The molecule has 1 saturated heterocycles. The first-order valence-electron chi connectivity index (χ1n) is 8.71. The van der Waals surface area contributed by atoms with E-state index in [2.05, 4.69) is 10.3 Å². The van der Waals surface area contributed by atoms with Crippen molar-refractivity contribution in [2.24, 2.45) is 0 Å². The van der Waals surface area contributed by atoms with E-state index in [1.54, 1.807) is 0 Å². The van der Waals surface area contributed by atoms with E-state index in [9.17, 15) is 13.2 Å². The predicted molar refractivity (Wildman–Crippen MR) is 95.7 cm³/mol. The van der Waals surface area contributed by atoms with Crippen LogP contribution in [0.4, 0.5) is 0 Å². The van der Waals surface area contributed by atoms with Crippen molar-refractivity contribution in [1.29, 1.82) is 0 Å². The van der Waals surface area contributed by atoms with Gasteiger partial charge in [-0.25, -0.2) is 13.4 Å². The third-order valence-electron chi connectivity index (χ3n) is 4.42. The first-order valence-corrected chi connectivity index (χ1v) is 10.3. The third kappa shape index (κ3) is 4.01. The number of carbonyl (C=O) groups is 1. The van der Waals surface area contributed by atoms with Gasteiger partial charge in [-0.3, -0.25) is 4.79 Å². The van der Waals surface area contributed by atoms with E-state index >= 15 is 0 Å². The number of rotatable bonds is 7. The molecule has 25 heavy (non-hydrogen) atoms. The van der Waals surface area contributed by atoms with E-state index < -0.39 is 16.1 Å². The fourth-order valence-corrected chi connectivity index (χ4v) is 5.00. The van der Waals surface area contributed by atoms with E-state index in [0.717, 1.165) is 17.8 Å². The largest absolute Gasteiger partial charge is 0.354 e. The number of carbonyl (C=O) groups excluding carboxylic acids is 1. The zero-order valence-corrected chi connectivity index (χ0v) is 15.2. The summed E-state index contributed by atoms with van der Waals surface area (Å²) in [4.78, 5) is 16.9. The molecule has 0 spiro atoms. The Balaban J connectivity index is 1.56. The summed E-state index contributed by atoms with van der Waals surface area (Å²) < 4.78 is 27.9. The van der Waals surface area contributed by atoms with Crippen LogP contribution in [0.5, 0.6) is 0 Å². The second kappa shape index (κ2) is 7.53. The Bertz CT molecular complexity index is 813. The van der Waals surface area contributed by atoms with Gasteiger partial charge in [0.15, 0.2) is 0 Å². The zero-order chi connectivity index (χ0) is 17.9. The number of hydrogen-bond donors (Lipinski definition) is 1. The molecule has 1 aliphatic rings. The molecule has 1 unspecified atom stereocenters. The Morgan fingerprint density at radius 3 is 3.00 bits per heavy atom. The molecule has 0 aliphatic carbocycles. The van der Waals surface area contributed by atoms with Crippen LogP contribution in [0.15, 0.2) is 30.6 Å². The highest BCUT2D eigenvalue weighted by Crippen LogP contribution is 2.22. The monoisotopic (exact) mass is 364 g/mol. The normalized spacial score (nSPS) is 18.7. The molecular weight excluding hydrogens is 340 g/mol. The van der Waals surface area contributed by atoms with Gasteiger partial charge >= 0.3 is 0 Å². The molecule has 7 nitrogen and oxygen atoms in total. The Morgan fingerprint density at radius 2 is 2.24 bits per heavy atom. The van der Waals surface area contributed by atoms with Crippen LogP contribution in [0, 0.1) is 0 Å². The van der Waals surface area contributed by atoms with Crippen LogP contribution in [0.3, 0.4) is 0 Å². The second-order valence-corrected chi connectivity index (χ2v) is 8.37. The fourth-order valence-electron chi connectivity index (χ4n) is 3.25. The number of aromatic nitrogens is 2. The van der Waals surface area contributed by atoms with Crippen LogP contribution in [-0.2, 0) is 21.2 Å². The lowest BCUT2D eigenvalue weighted by Gasteiger charge is -2.23. The lowest BCUT2D eigenvalue weighted by atomic mass is 10.2. The van der Waals surface area contributed by atoms with Crippen molar-refractivity contribution < 1.29 is 13.2 Å². The molecular formula is C17H24N4O3S. The van der Waals surface area contributed by atoms with Crippen LogP contribution in [0.2, 0.25) is 0 Å². The summed E-state index contributed by atoms with van der Waals surface area (Å²) >= 11 is 0. The van der Waals surface area contributed by atoms with E-state index in [-0.39, 0.29) is 11.7 Å². The second-order valence-electron chi connectivity index (χ2n) is 6.32. The molecule has 0 aromatic carbocycles. The SMILES string of the molecule is CCCS(=O)(=O)N1CCCC1C(=O)NCCc1cn2ccccc2n1. The van der Waals surface area contributed by atoms with Gasteiger partial charge in [0.2, 0.25) is 15.9 Å². The molecule has 1 fully saturated rings. The highest BCUT2D eigenvalue weighted by Gasteiger charge is 2.37. The summed E-state index contributed by atoms with van der Waals surface area (Å²) in [6.45, 7) is 2.71. The Kier molecular flexibility index (Phi) is 5.39. The molecule has 3 heterocycles. The first kappa shape index (κ1) is 17.9. The molecule has 2 aromatic rings. The van der Waals surface area contributed by atoms with Crippen molar-refractivity contribution in [1.82, 2.24) is 19.0 Å². The number of fused-ring (bicyclic) bond motifs is 1. The van der Waals surface area contributed by atoms with Gasteiger partial charge in [-0.2, -0.15) is 4.31 Å². The summed E-state index contributed by atoms with van der Waals surface area (Å²) in [5.74, 6) is -0.112. The molecule has 1 atom stereocenters. The van der Waals surface area contributed by atoms with Crippen LogP contribution in [0.25, 0.3) is 5.65 Å².